The van der Waals surface area contributed by atoms with Crippen molar-refractivity contribution < 1.29 is 19.0 Å². The summed E-state index contributed by atoms with van der Waals surface area (Å²) in [6, 6.07) is 13.5. The minimum Gasteiger partial charge on any atom is -0.491 e. The minimum atomic E-state index is -0.307. The molecule has 0 heterocycles. The van der Waals surface area contributed by atoms with Crippen LogP contribution in [0.3, 0.4) is 0 Å². The number of Topliss-reactive ketones (excluding diaryl/α,β-unsaturated/α-hetero) is 1. The van der Waals surface area contributed by atoms with Crippen LogP contribution in [0.2, 0.25) is 0 Å². The summed E-state index contributed by atoms with van der Waals surface area (Å²) in [5, 5.41) is 9.23. The summed E-state index contributed by atoms with van der Waals surface area (Å²) in [6.45, 7) is 6.33. The summed E-state index contributed by atoms with van der Waals surface area (Å²) in [4.78, 5) is 13.4. The summed E-state index contributed by atoms with van der Waals surface area (Å²) >= 11 is 0. The Kier molecular flexibility index (Phi) is 5.46. The van der Waals surface area contributed by atoms with E-state index in [-0.39, 0.29) is 11.2 Å². The molecular formula is C25H25NO4. The lowest BCUT2D eigenvalue weighted by atomic mass is 9.68. The average Bonchev–Trinajstić information content (AvgIpc) is 3.14. The second kappa shape index (κ2) is 8.06. The first-order valence-corrected chi connectivity index (χ1v) is 10.1. The van der Waals surface area contributed by atoms with Gasteiger partial charge in [-0.2, -0.15) is 5.26 Å². The van der Waals surface area contributed by atoms with E-state index in [1.807, 2.05) is 30.3 Å². The summed E-state index contributed by atoms with van der Waals surface area (Å²) < 4.78 is 16.3. The number of carbonyl (C=O) groups is 1. The molecule has 2 aliphatic carbocycles. The van der Waals surface area contributed by atoms with Crippen molar-refractivity contribution in [2.75, 3.05) is 33.5 Å². The van der Waals surface area contributed by atoms with Crippen LogP contribution in [0.4, 0.5) is 0 Å². The van der Waals surface area contributed by atoms with Gasteiger partial charge >= 0.3 is 0 Å². The van der Waals surface area contributed by atoms with Crippen molar-refractivity contribution in [2.45, 2.75) is 25.7 Å². The highest BCUT2D eigenvalue weighted by atomic mass is 16.5. The molecule has 5 nitrogen and oxygen atoms in total. The number of hydrogen-bond donors (Lipinski definition) is 0. The van der Waals surface area contributed by atoms with Crippen LogP contribution in [0.25, 0.3) is 5.57 Å². The average molecular weight is 403 g/mol. The second-order valence-corrected chi connectivity index (χ2v) is 8.13. The van der Waals surface area contributed by atoms with Crippen LogP contribution in [0.15, 0.2) is 42.0 Å². The largest absolute Gasteiger partial charge is 0.491 e. The normalized spacial score (nSPS) is 16.0. The number of fused-ring (bicyclic) bond motifs is 3. The molecule has 30 heavy (non-hydrogen) atoms. The van der Waals surface area contributed by atoms with Crippen molar-refractivity contribution >= 4 is 11.4 Å². The predicted molar refractivity (Wildman–Crippen MR) is 114 cm³/mol. The third-order valence-electron chi connectivity index (χ3n) is 5.99. The Bertz CT molecular complexity index is 1080. The van der Waals surface area contributed by atoms with Crippen molar-refractivity contribution in [1.29, 1.82) is 5.26 Å². The molecule has 4 rings (SSSR count). The lowest BCUT2D eigenvalue weighted by molar-refractivity contribution is 0.0544. The zero-order valence-electron chi connectivity index (χ0n) is 17.6. The quantitative estimate of drug-likeness (QED) is 0.652. The minimum absolute atomic E-state index is 0.0530. The van der Waals surface area contributed by atoms with E-state index in [1.54, 1.807) is 13.2 Å². The van der Waals surface area contributed by atoms with E-state index in [4.69, 9.17) is 14.2 Å². The summed E-state index contributed by atoms with van der Waals surface area (Å²) in [7, 11) is 1.64. The van der Waals surface area contributed by atoms with Gasteiger partial charge in [0.25, 0.3) is 0 Å². The highest BCUT2D eigenvalue weighted by molar-refractivity contribution is 6.33. The van der Waals surface area contributed by atoms with E-state index in [2.05, 4.69) is 19.9 Å². The molecule has 0 atom stereocenters. The molecule has 2 aromatic carbocycles. The van der Waals surface area contributed by atoms with E-state index in [9.17, 15) is 10.1 Å². The Morgan fingerprint density at radius 3 is 2.57 bits per heavy atom. The maximum absolute atomic E-state index is 13.4. The first-order valence-electron chi connectivity index (χ1n) is 10.1. The molecule has 2 aliphatic rings. The van der Waals surface area contributed by atoms with Crippen LogP contribution in [-0.4, -0.2) is 39.3 Å². The topological polar surface area (TPSA) is 68.6 Å². The van der Waals surface area contributed by atoms with Gasteiger partial charge < -0.3 is 14.2 Å². The fraction of sp³-hybridized carbons (Fsp3) is 0.360. The number of methoxy groups -OCH3 is 1. The molecule has 0 saturated carbocycles. The van der Waals surface area contributed by atoms with Gasteiger partial charge in [-0.05, 0) is 59.0 Å². The fourth-order valence-electron chi connectivity index (χ4n) is 4.38. The molecule has 0 bridgehead atoms. The summed E-state index contributed by atoms with van der Waals surface area (Å²) in [5.41, 5.74) is 5.95. The highest BCUT2D eigenvalue weighted by Gasteiger charge is 2.42. The smallest absolute Gasteiger partial charge is 0.193 e. The maximum atomic E-state index is 13.4. The number of ketones is 1. The maximum Gasteiger partial charge on any atom is 0.193 e. The van der Waals surface area contributed by atoms with Gasteiger partial charge in [0.2, 0.25) is 0 Å². The molecule has 0 unspecified atom stereocenters. The zero-order chi connectivity index (χ0) is 21.3. The number of rotatable bonds is 7. The lowest BCUT2D eigenvalue weighted by Crippen LogP contribution is -2.29. The van der Waals surface area contributed by atoms with Gasteiger partial charge in [0.15, 0.2) is 5.78 Å². The van der Waals surface area contributed by atoms with Crippen LogP contribution in [-0.2, 0) is 21.3 Å². The number of nitriles is 1. The number of carbonyl (C=O) groups excluding carboxylic acids is 1. The highest BCUT2D eigenvalue weighted by Crippen LogP contribution is 2.50. The van der Waals surface area contributed by atoms with Gasteiger partial charge in [0, 0.05) is 23.7 Å². The third kappa shape index (κ3) is 3.43. The van der Waals surface area contributed by atoms with E-state index >= 15 is 0 Å². The fourth-order valence-corrected chi connectivity index (χ4v) is 4.38. The molecule has 0 spiro atoms. The molecule has 0 N–H and O–H groups in total. The molecule has 154 valence electrons. The number of allylic oxidation sites excluding steroid dienone is 2. The Balaban J connectivity index is 1.59. The molecule has 2 aromatic rings. The number of benzene rings is 2. The summed E-state index contributed by atoms with van der Waals surface area (Å²) in [6.07, 6.45) is 0.691. The van der Waals surface area contributed by atoms with E-state index in [0.717, 1.165) is 39.1 Å². The standard InChI is InChI=1S/C25H25NO4/c1-25(2)21-14-18(30-11-10-29-9-8-28-3)5-7-20(21)24(27)23-19-6-4-16(15-26)12-17(19)13-22(23)25/h4-7,12,14H,8-11,13H2,1-3H3. The number of ether oxygens (including phenoxy) is 3. The van der Waals surface area contributed by atoms with Crippen LogP contribution in [0.1, 0.15) is 46.5 Å². The number of hydrogen-bond acceptors (Lipinski definition) is 5. The van der Waals surface area contributed by atoms with Gasteiger partial charge in [0.05, 0.1) is 31.5 Å². The first kappa shape index (κ1) is 20.3. The molecule has 0 radical (unpaired) electrons. The molecule has 0 saturated heterocycles. The monoisotopic (exact) mass is 403 g/mol. The van der Waals surface area contributed by atoms with Crippen molar-refractivity contribution in [1.82, 2.24) is 0 Å². The van der Waals surface area contributed by atoms with Gasteiger partial charge in [0.1, 0.15) is 12.4 Å². The van der Waals surface area contributed by atoms with E-state index in [0.29, 0.717) is 38.4 Å². The van der Waals surface area contributed by atoms with Crippen LogP contribution in [0.5, 0.6) is 5.75 Å². The van der Waals surface area contributed by atoms with E-state index in [1.165, 1.54) is 0 Å². The molecule has 0 amide bonds. The summed E-state index contributed by atoms with van der Waals surface area (Å²) in [5.74, 6) is 0.786. The van der Waals surface area contributed by atoms with Crippen molar-refractivity contribution in [3.63, 3.8) is 0 Å². The first-order chi connectivity index (χ1) is 14.5. The zero-order valence-corrected chi connectivity index (χ0v) is 17.6. The second-order valence-electron chi connectivity index (χ2n) is 8.13. The van der Waals surface area contributed by atoms with Crippen molar-refractivity contribution in [2.24, 2.45) is 0 Å². The van der Waals surface area contributed by atoms with Crippen molar-refractivity contribution in [3.05, 3.63) is 69.8 Å². The Hall–Kier alpha value is -2.94. The van der Waals surface area contributed by atoms with Gasteiger partial charge in [-0.1, -0.05) is 19.9 Å². The molecule has 0 aromatic heterocycles. The van der Waals surface area contributed by atoms with Gasteiger partial charge in [-0.3, -0.25) is 4.79 Å². The third-order valence-corrected chi connectivity index (χ3v) is 5.99. The Morgan fingerprint density at radius 2 is 1.80 bits per heavy atom. The van der Waals surface area contributed by atoms with Crippen LogP contribution in [0, 0.1) is 11.3 Å². The van der Waals surface area contributed by atoms with Crippen LogP contribution >= 0.6 is 0 Å². The van der Waals surface area contributed by atoms with Gasteiger partial charge in [-0.25, -0.2) is 0 Å². The lowest BCUT2D eigenvalue weighted by Gasteiger charge is -2.34. The van der Waals surface area contributed by atoms with Crippen molar-refractivity contribution in [3.8, 4) is 11.8 Å². The van der Waals surface area contributed by atoms with Crippen LogP contribution < -0.4 is 4.74 Å². The Labute approximate surface area is 176 Å². The molecule has 0 fully saturated rings. The van der Waals surface area contributed by atoms with Gasteiger partial charge in [-0.15, -0.1) is 0 Å². The molecule has 5 heteroatoms. The van der Waals surface area contributed by atoms with E-state index < -0.39 is 0 Å². The Morgan fingerprint density at radius 1 is 1.03 bits per heavy atom. The SMILES string of the molecule is COCCOCCOc1ccc2c(c1)C(C)(C)C1=C(C2=O)c2ccc(C#N)cc2C1. The molecular weight excluding hydrogens is 378 g/mol. The number of nitrogens with zero attached hydrogens (tertiary/aromatic N) is 1. The molecule has 0 aliphatic heterocycles. The predicted octanol–water partition coefficient (Wildman–Crippen LogP) is 4.08.